The zero-order chi connectivity index (χ0) is 12.3. The molecule has 0 spiro atoms. The van der Waals surface area contributed by atoms with Crippen molar-refractivity contribution in [1.29, 1.82) is 0 Å². The summed E-state index contributed by atoms with van der Waals surface area (Å²) in [5.74, 6) is 1.57. The normalized spacial score (nSPS) is 16.9. The summed E-state index contributed by atoms with van der Waals surface area (Å²) in [5.41, 5.74) is 0.875. The number of hydrogen-bond acceptors (Lipinski definition) is 3. The number of nitrogens with one attached hydrogen (secondary N) is 1. The molecule has 94 valence electrons. The molecule has 0 radical (unpaired) electrons. The Morgan fingerprint density at radius 1 is 1.47 bits per heavy atom. The minimum atomic E-state index is -0.499. The maximum Gasteiger partial charge on any atom is 0.120 e. The van der Waals surface area contributed by atoms with E-state index in [9.17, 15) is 5.11 Å². The van der Waals surface area contributed by atoms with Gasteiger partial charge in [0.05, 0.1) is 12.7 Å². The van der Waals surface area contributed by atoms with Crippen LogP contribution in [0.1, 0.15) is 24.5 Å². The highest BCUT2D eigenvalue weighted by Crippen LogP contribution is 2.31. The minimum absolute atomic E-state index is 0.499. The van der Waals surface area contributed by atoms with Crippen molar-refractivity contribution >= 4 is 15.9 Å². The molecule has 1 atom stereocenters. The van der Waals surface area contributed by atoms with Crippen LogP contribution in [-0.2, 0) is 0 Å². The first-order valence-electron chi connectivity index (χ1n) is 5.95. The second-order valence-electron chi connectivity index (χ2n) is 4.55. The lowest BCUT2D eigenvalue weighted by atomic mass is 10.1. The molecule has 0 saturated heterocycles. The Morgan fingerprint density at radius 2 is 2.24 bits per heavy atom. The standard InChI is InChI=1S/C13H18BrNO2/c1-15-7-13(16)10-4-11(14)6-12(5-10)17-8-9-2-3-9/h4-6,9,13,15-16H,2-3,7-8H2,1H3. The van der Waals surface area contributed by atoms with Gasteiger partial charge in [-0.3, -0.25) is 0 Å². The van der Waals surface area contributed by atoms with Crippen molar-refractivity contribution in [3.8, 4) is 5.75 Å². The Hall–Kier alpha value is -0.580. The summed E-state index contributed by atoms with van der Waals surface area (Å²) < 4.78 is 6.66. The lowest BCUT2D eigenvalue weighted by molar-refractivity contribution is 0.177. The first-order chi connectivity index (χ1) is 8.19. The molecule has 0 bridgehead atoms. The molecule has 3 nitrogen and oxygen atoms in total. The maximum atomic E-state index is 9.92. The van der Waals surface area contributed by atoms with E-state index in [1.165, 1.54) is 12.8 Å². The Morgan fingerprint density at radius 3 is 2.88 bits per heavy atom. The number of aliphatic hydroxyl groups excluding tert-OH is 1. The highest BCUT2D eigenvalue weighted by Gasteiger charge is 2.22. The van der Waals surface area contributed by atoms with Crippen molar-refractivity contribution in [2.24, 2.45) is 5.92 Å². The number of likely N-dealkylation sites (N-methyl/N-ethyl adjacent to an activating group) is 1. The van der Waals surface area contributed by atoms with E-state index < -0.39 is 6.10 Å². The SMILES string of the molecule is CNCC(O)c1cc(Br)cc(OCC2CC2)c1. The lowest BCUT2D eigenvalue weighted by Gasteiger charge is -2.13. The summed E-state index contributed by atoms with van der Waals surface area (Å²) in [7, 11) is 1.83. The smallest absolute Gasteiger partial charge is 0.120 e. The molecule has 0 aliphatic heterocycles. The topological polar surface area (TPSA) is 41.5 Å². The van der Waals surface area contributed by atoms with Crippen LogP contribution in [0.3, 0.4) is 0 Å². The molecule has 17 heavy (non-hydrogen) atoms. The maximum absolute atomic E-state index is 9.92. The summed E-state index contributed by atoms with van der Waals surface area (Å²) in [6.45, 7) is 1.33. The van der Waals surface area contributed by atoms with E-state index in [2.05, 4.69) is 21.2 Å². The van der Waals surface area contributed by atoms with Crippen LogP contribution in [0.4, 0.5) is 0 Å². The third-order valence-corrected chi connectivity index (χ3v) is 3.32. The number of halogens is 1. The van der Waals surface area contributed by atoms with E-state index in [1.807, 2.05) is 25.2 Å². The van der Waals surface area contributed by atoms with Gasteiger partial charge in [-0.25, -0.2) is 0 Å². The number of aliphatic hydroxyl groups is 1. The van der Waals surface area contributed by atoms with Crippen LogP contribution in [0, 0.1) is 5.92 Å². The molecule has 1 fully saturated rings. The molecule has 1 aliphatic rings. The monoisotopic (exact) mass is 299 g/mol. The molecule has 2 N–H and O–H groups in total. The van der Waals surface area contributed by atoms with Crippen molar-refractivity contribution in [2.45, 2.75) is 18.9 Å². The van der Waals surface area contributed by atoms with Crippen molar-refractivity contribution in [1.82, 2.24) is 5.32 Å². The van der Waals surface area contributed by atoms with Crippen LogP contribution in [0.15, 0.2) is 22.7 Å². The van der Waals surface area contributed by atoms with Gasteiger partial charge in [0.25, 0.3) is 0 Å². The predicted octanol–water partition coefficient (Wildman–Crippen LogP) is 2.49. The largest absolute Gasteiger partial charge is 0.493 e. The van der Waals surface area contributed by atoms with Crippen molar-refractivity contribution < 1.29 is 9.84 Å². The molecule has 1 aromatic rings. The third-order valence-electron chi connectivity index (χ3n) is 2.86. The highest BCUT2D eigenvalue weighted by atomic mass is 79.9. The molecule has 2 rings (SSSR count). The van der Waals surface area contributed by atoms with Gasteiger partial charge in [-0.1, -0.05) is 15.9 Å². The van der Waals surface area contributed by atoms with Crippen molar-refractivity contribution in [3.05, 3.63) is 28.2 Å². The molecule has 1 aliphatic carbocycles. The van der Waals surface area contributed by atoms with Gasteiger partial charge in [0, 0.05) is 11.0 Å². The second-order valence-corrected chi connectivity index (χ2v) is 5.46. The minimum Gasteiger partial charge on any atom is -0.493 e. The quantitative estimate of drug-likeness (QED) is 0.848. The van der Waals surface area contributed by atoms with E-state index in [-0.39, 0.29) is 0 Å². The lowest BCUT2D eigenvalue weighted by Crippen LogP contribution is -2.16. The molecular weight excluding hydrogens is 282 g/mol. The molecule has 1 aromatic carbocycles. The first kappa shape index (κ1) is 12.9. The van der Waals surface area contributed by atoms with Crippen LogP contribution in [0.25, 0.3) is 0 Å². The van der Waals surface area contributed by atoms with Crippen molar-refractivity contribution in [3.63, 3.8) is 0 Å². The fourth-order valence-electron chi connectivity index (χ4n) is 1.67. The molecule has 4 heteroatoms. The number of benzene rings is 1. The van der Waals surface area contributed by atoms with Crippen LogP contribution in [0.2, 0.25) is 0 Å². The Balaban J connectivity index is 2.04. The zero-order valence-corrected chi connectivity index (χ0v) is 11.5. The molecule has 1 unspecified atom stereocenters. The number of ether oxygens (including phenoxy) is 1. The molecule has 0 aromatic heterocycles. The summed E-state index contributed by atoms with van der Waals surface area (Å²) in [6, 6.07) is 5.78. The fraction of sp³-hybridized carbons (Fsp3) is 0.538. The van der Waals surface area contributed by atoms with Gasteiger partial charge >= 0.3 is 0 Å². The summed E-state index contributed by atoms with van der Waals surface area (Å²) in [5, 5.41) is 12.9. The Kier molecular flexibility index (Phi) is 4.42. The second kappa shape index (κ2) is 5.85. The third kappa shape index (κ3) is 3.98. The van der Waals surface area contributed by atoms with Gasteiger partial charge in [-0.2, -0.15) is 0 Å². The van der Waals surface area contributed by atoms with Gasteiger partial charge in [0.2, 0.25) is 0 Å². The fourth-order valence-corrected chi connectivity index (χ4v) is 2.16. The Bertz CT molecular complexity index is 380. The van der Waals surface area contributed by atoms with Gasteiger partial charge in [-0.15, -0.1) is 0 Å². The van der Waals surface area contributed by atoms with E-state index in [0.29, 0.717) is 6.54 Å². The first-order valence-corrected chi connectivity index (χ1v) is 6.74. The highest BCUT2D eigenvalue weighted by molar-refractivity contribution is 9.10. The number of rotatable bonds is 6. The summed E-state index contributed by atoms with van der Waals surface area (Å²) >= 11 is 3.44. The van der Waals surface area contributed by atoms with Gasteiger partial charge in [-0.05, 0) is 49.6 Å². The van der Waals surface area contributed by atoms with Crippen LogP contribution >= 0.6 is 15.9 Å². The van der Waals surface area contributed by atoms with Crippen LogP contribution in [0.5, 0.6) is 5.75 Å². The molecular formula is C13H18BrNO2. The van der Waals surface area contributed by atoms with E-state index in [0.717, 1.165) is 28.3 Å². The van der Waals surface area contributed by atoms with E-state index in [4.69, 9.17) is 4.74 Å². The van der Waals surface area contributed by atoms with E-state index in [1.54, 1.807) is 0 Å². The molecule has 0 amide bonds. The summed E-state index contributed by atoms with van der Waals surface area (Å²) in [6.07, 6.45) is 2.06. The number of hydrogen-bond donors (Lipinski definition) is 2. The van der Waals surface area contributed by atoms with Gasteiger partial charge in [0.15, 0.2) is 0 Å². The molecule has 1 saturated carbocycles. The van der Waals surface area contributed by atoms with Gasteiger partial charge in [0.1, 0.15) is 5.75 Å². The predicted molar refractivity (Wildman–Crippen MR) is 71.2 cm³/mol. The van der Waals surface area contributed by atoms with Gasteiger partial charge < -0.3 is 15.2 Å². The van der Waals surface area contributed by atoms with E-state index >= 15 is 0 Å². The summed E-state index contributed by atoms with van der Waals surface area (Å²) in [4.78, 5) is 0. The molecule has 0 heterocycles. The van der Waals surface area contributed by atoms with Crippen LogP contribution in [-0.4, -0.2) is 25.3 Å². The van der Waals surface area contributed by atoms with Crippen LogP contribution < -0.4 is 10.1 Å². The Labute approximate surface area is 110 Å². The average molecular weight is 300 g/mol. The van der Waals surface area contributed by atoms with Crippen molar-refractivity contribution in [2.75, 3.05) is 20.2 Å². The zero-order valence-electron chi connectivity index (χ0n) is 9.95. The average Bonchev–Trinajstić information content (AvgIpc) is 3.10.